The first-order valence-corrected chi connectivity index (χ1v) is 7.52. The molecule has 5 heteroatoms. The minimum absolute atomic E-state index is 0.104. The fraction of sp³-hybridized carbons (Fsp3) is 0.500. The summed E-state index contributed by atoms with van der Waals surface area (Å²) in [6.45, 7) is 5.81. The van der Waals surface area contributed by atoms with Gasteiger partial charge in [-0.1, -0.05) is 31.2 Å². The summed E-state index contributed by atoms with van der Waals surface area (Å²) < 4.78 is 0. The molecule has 1 saturated heterocycles. The van der Waals surface area contributed by atoms with Crippen LogP contribution in [0.25, 0.3) is 0 Å². The van der Waals surface area contributed by atoms with E-state index in [1.807, 2.05) is 14.0 Å². The lowest BCUT2D eigenvalue weighted by molar-refractivity contribution is -0.908. The zero-order chi connectivity index (χ0) is 15.4. The Balaban J connectivity index is 1.96. The molecule has 1 aliphatic rings. The number of hydrogen-bond donors (Lipinski definition) is 2. The van der Waals surface area contributed by atoms with Crippen molar-refractivity contribution >= 4 is 11.9 Å². The molecule has 0 spiro atoms. The first-order chi connectivity index (χ1) is 10.0. The van der Waals surface area contributed by atoms with Crippen molar-refractivity contribution in [3.8, 4) is 0 Å². The van der Waals surface area contributed by atoms with Crippen molar-refractivity contribution in [3.05, 3.63) is 35.4 Å². The van der Waals surface area contributed by atoms with Gasteiger partial charge in [0.05, 0.1) is 7.05 Å². The molecule has 0 bridgehead atoms. The fourth-order valence-electron chi connectivity index (χ4n) is 2.49. The number of likely N-dealkylation sites (N-methyl/N-ethyl adjacent to an activating group) is 1. The topological polar surface area (TPSA) is 53.9 Å². The molecule has 1 aromatic carbocycles. The van der Waals surface area contributed by atoms with E-state index in [0.29, 0.717) is 13.1 Å². The molecule has 2 atom stereocenters. The summed E-state index contributed by atoms with van der Waals surface area (Å²) in [5.41, 5.74) is 2.52. The predicted molar refractivity (Wildman–Crippen MR) is 81.0 cm³/mol. The lowest BCUT2D eigenvalue weighted by atomic mass is 10.1. The van der Waals surface area contributed by atoms with Crippen molar-refractivity contribution in [2.75, 3.05) is 20.1 Å². The molecule has 0 aliphatic carbocycles. The number of carbonyl (C=O) groups excluding carboxylic acids is 2. The summed E-state index contributed by atoms with van der Waals surface area (Å²) in [4.78, 5) is 26.3. The van der Waals surface area contributed by atoms with Gasteiger partial charge in [0.2, 0.25) is 0 Å². The zero-order valence-corrected chi connectivity index (χ0v) is 13.0. The van der Waals surface area contributed by atoms with Crippen LogP contribution in [-0.2, 0) is 17.8 Å². The Bertz CT molecular complexity index is 513. The molecule has 1 aliphatic heterocycles. The Morgan fingerprint density at radius 1 is 1.33 bits per heavy atom. The van der Waals surface area contributed by atoms with E-state index in [9.17, 15) is 9.59 Å². The molecule has 2 rings (SSSR count). The van der Waals surface area contributed by atoms with Crippen LogP contribution in [0.5, 0.6) is 0 Å². The second kappa shape index (κ2) is 6.72. The minimum atomic E-state index is -0.271. The number of aryl methyl sites for hydroxylation is 1. The summed E-state index contributed by atoms with van der Waals surface area (Å²) in [5, 5.41) is 2.66. The standard InChI is InChI=1S/C16H23N3O2/c1-4-13-5-7-14(8-6-13)11-18(3)12(2)15(20)19-10-9-17-16(19)21/h5-8,12H,4,9-11H2,1-3H3,(H,17,21)/p+1/t12-/m0/s1. The van der Waals surface area contributed by atoms with Gasteiger partial charge in [-0.15, -0.1) is 0 Å². The van der Waals surface area contributed by atoms with Crippen LogP contribution in [0, 0.1) is 0 Å². The normalized spacial score (nSPS) is 17.5. The Labute approximate surface area is 125 Å². The van der Waals surface area contributed by atoms with Crippen LogP contribution in [0.3, 0.4) is 0 Å². The highest BCUT2D eigenvalue weighted by atomic mass is 16.2. The van der Waals surface area contributed by atoms with Crippen molar-refractivity contribution in [1.29, 1.82) is 0 Å². The first-order valence-electron chi connectivity index (χ1n) is 7.52. The Morgan fingerprint density at radius 3 is 2.48 bits per heavy atom. The van der Waals surface area contributed by atoms with Gasteiger partial charge in [0.25, 0.3) is 5.91 Å². The lowest BCUT2D eigenvalue weighted by Crippen LogP contribution is -3.12. The maximum absolute atomic E-state index is 12.3. The molecule has 1 unspecified atom stereocenters. The number of carbonyl (C=O) groups is 2. The van der Waals surface area contributed by atoms with Gasteiger partial charge in [-0.3, -0.25) is 9.69 Å². The minimum Gasteiger partial charge on any atom is -0.336 e. The molecule has 3 amide bonds. The summed E-state index contributed by atoms with van der Waals surface area (Å²) in [6, 6.07) is 7.97. The van der Waals surface area contributed by atoms with Crippen molar-refractivity contribution in [2.24, 2.45) is 0 Å². The summed E-state index contributed by atoms with van der Waals surface area (Å²) >= 11 is 0. The third-order valence-corrected chi connectivity index (χ3v) is 4.15. The van der Waals surface area contributed by atoms with Crippen LogP contribution >= 0.6 is 0 Å². The average molecular weight is 290 g/mol. The van der Waals surface area contributed by atoms with Gasteiger partial charge in [0.1, 0.15) is 6.54 Å². The number of nitrogens with zero attached hydrogens (tertiary/aromatic N) is 1. The van der Waals surface area contributed by atoms with E-state index in [1.165, 1.54) is 16.0 Å². The van der Waals surface area contributed by atoms with Crippen molar-refractivity contribution in [1.82, 2.24) is 10.2 Å². The van der Waals surface area contributed by atoms with Gasteiger partial charge in [-0.2, -0.15) is 0 Å². The highest BCUT2D eigenvalue weighted by molar-refractivity contribution is 5.97. The molecule has 1 aromatic rings. The highest BCUT2D eigenvalue weighted by Crippen LogP contribution is 2.04. The maximum atomic E-state index is 12.3. The van der Waals surface area contributed by atoms with Crippen LogP contribution in [0.15, 0.2) is 24.3 Å². The predicted octanol–water partition coefficient (Wildman–Crippen LogP) is 0.204. The van der Waals surface area contributed by atoms with Crippen molar-refractivity contribution in [2.45, 2.75) is 32.9 Å². The number of rotatable bonds is 5. The number of amides is 3. The smallest absolute Gasteiger partial charge is 0.324 e. The van der Waals surface area contributed by atoms with Gasteiger partial charge >= 0.3 is 6.03 Å². The average Bonchev–Trinajstić information content (AvgIpc) is 2.92. The third-order valence-electron chi connectivity index (χ3n) is 4.15. The van der Waals surface area contributed by atoms with E-state index in [2.05, 4.69) is 36.5 Å². The maximum Gasteiger partial charge on any atom is 0.324 e. The molecule has 21 heavy (non-hydrogen) atoms. The molecule has 0 saturated carbocycles. The first kappa shape index (κ1) is 15.5. The van der Waals surface area contributed by atoms with Gasteiger partial charge < -0.3 is 10.2 Å². The summed E-state index contributed by atoms with van der Waals surface area (Å²) in [5.74, 6) is -0.104. The summed E-state index contributed by atoms with van der Waals surface area (Å²) in [7, 11) is 1.99. The second-order valence-corrected chi connectivity index (χ2v) is 5.64. The van der Waals surface area contributed by atoms with Gasteiger partial charge in [-0.05, 0) is 18.9 Å². The molecule has 0 aromatic heterocycles. The molecule has 1 heterocycles. The monoisotopic (exact) mass is 290 g/mol. The number of benzene rings is 1. The molecular weight excluding hydrogens is 266 g/mol. The SMILES string of the molecule is CCc1ccc(C[NH+](C)[C@@H](C)C(=O)N2CCNC2=O)cc1. The van der Waals surface area contributed by atoms with Crippen molar-refractivity contribution in [3.63, 3.8) is 0 Å². The van der Waals surface area contributed by atoms with E-state index in [1.54, 1.807) is 0 Å². The van der Waals surface area contributed by atoms with E-state index in [0.717, 1.165) is 17.9 Å². The second-order valence-electron chi connectivity index (χ2n) is 5.64. The van der Waals surface area contributed by atoms with E-state index < -0.39 is 0 Å². The quantitative estimate of drug-likeness (QED) is 0.814. The largest absolute Gasteiger partial charge is 0.336 e. The molecule has 2 N–H and O–H groups in total. The molecular formula is C16H24N3O2+. The number of imide groups is 1. The lowest BCUT2D eigenvalue weighted by Gasteiger charge is -2.24. The van der Waals surface area contributed by atoms with Crippen LogP contribution in [0.2, 0.25) is 0 Å². The molecule has 5 nitrogen and oxygen atoms in total. The third kappa shape index (κ3) is 3.61. The number of urea groups is 1. The van der Waals surface area contributed by atoms with Gasteiger partial charge in [0.15, 0.2) is 6.04 Å². The van der Waals surface area contributed by atoms with Gasteiger partial charge in [0, 0.05) is 18.7 Å². The molecule has 0 radical (unpaired) electrons. The Hall–Kier alpha value is -1.88. The van der Waals surface area contributed by atoms with E-state index in [-0.39, 0.29) is 18.0 Å². The molecule has 1 fully saturated rings. The van der Waals surface area contributed by atoms with Crippen molar-refractivity contribution < 1.29 is 14.5 Å². The zero-order valence-electron chi connectivity index (χ0n) is 13.0. The van der Waals surface area contributed by atoms with Crippen LogP contribution in [0.4, 0.5) is 4.79 Å². The number of hydrogen-bond acceptors (Lipinski definition) is 2. The fourth-order valence-corrected chi connectivity index (χ4v) is 2.49. The van der Waals surface area contributed by atoms with Crippen LogP contribution in [0.1, 0.15) is 25.0 Å². The highest BCUT2D eigenvalue weighted by Gasteiger charge is 2.33. The van der Waals surface area contributed by atoms with E-state index >= 15 is 0 Å². The molecule has 114 valence electrons. The number of quaternary nitrogens is 1. The Kier molecular flexibility index (Phi) is 4.96. The van der Waals surface area contributed by atoms with Gasteiger partial charge in [-0.25, -0.2) is 4.79 Å². The Morgan fingerprint density at radius 2 is 1.95 bits per heavy atom. The summed E-state index contributed by atoms with van der Waals surface area (Å²) in [6.07, 6.45) is 1.03. The van der Waals surface area contributed by atoms with Crippen LogP contribution in [-0.4, -0.2) is 43.0 Å². The van der Waals surface area contributed by atoms with Crippen LogP contribution < -0.4 is 10.2 Å². The number of nitrogens with one attached hydrogen (secondary N) is 2. The van der Waals surface area contributed by atoms with E-state index in [4.69, 9.17) is 0 Å².